The summed E-state index contributed by atoms with van der Waals surface area (Å²) in [6.45, 7) is 8.08. The van der Waals surface area contributed by atoms with Crippen LogP contribution in [0.25, 0.3) is 6.08 Å². The molecule has 0 N–H and O–H groups in total. The second-order valence-electron chi connectivity index (χ2n) is 6.81. The predicted octanol–water partition coefficient (Wildman–Crippen LogP) is 4.49. The first-order valence-electron chi connectivity index (χ1n) is 7.99. The highest BCUT2D eigenvalue weighted by atomic mass is 16.7. The van der Waals surface area contributed by atoms with Gasteiger partial charge in [0.25, 0.3) is 0 Å². The lowest BCUT2D eigenvalue weighted by atomic mass is 9.77. The summed E-state index contributed by atoms with van der Waals surface area (Å²) in [7, 11) is -0.340. The van der Waals surface area contributed by atoms with E-state index in [1.165, 1.54) is 0 Å². The molecule has 1 aromatic rings. The summed E-state index contributed by atoms with van der Waals surface area (Å²) in [6.07, 6.45) is 8.30. The van der Waals surface area contributed by atoms with Gasteiger partial charge in [-0.25, -0.2) is 0 Å². The van der Waals surface area contributed by atoms with Gasteiger partial charge in [0, 0.05) is 6.32 Å². The van der Waals surface area contributed by atoms with E-state index in [1.54, 1.807) is 0 Å². The van der Waals surface area contributed by atoms with Crippen LogP contribution in [0.3, 0.4) is 0 Å². The molecule has 0 aromatic heterocycles. The van der Waals surface area contributed by atoms with Gasteiger partial charge in [0.2, 0.25) is 0 Å². The summed E-state index contributed by atoms with van der Waals surface area (Å²) in [6, 6.07) is 12.4. The molecule has 1 aliphatic heterocycles. The van der Waals surface area contributed by atoms with Crippen LogP contribution in [0.15, 0.2) is 48.6 Å². The first-order valence-corrected chi connectivity index (χ1v) is 7.99. The van der Waals surface area contributed by atoms with Crippen molar-refractivity contribution in [2.45, 2.75) is 45.2 Å². The Labute approximate surface area is 139 Å². The van der Waals surface area contributed by atoms with E-state index in [2.05, 4.69) is 6.07 Å². The van der Waals surface area contributed by atoms with Gasteiger partial charge in [-0.05, 0) is 33.3 Å². The van der Waals surface area contributed by atoms with Gasteiger partial charge in [0.05, 0.1) is 23.2 Å². The molecule has 1 saturated heterocycles. The van der Waals surface area contributed by atoms with Gasteiger partial charge in [-0.3, -0.25) is 0 Å². The van der Waals surface area contributed by atoms with E-state index in [4.69, 9.17) is 9.31 Å². The van der Waals surface area contributed by atoms with Crippen molar-refractivity contribution in [1.29, 1.82) is 5.26 Å². The predicted molar refractivity (Wildman–Crippen MR) is 94.6 cm³/mol. The second kappa shape index (κ2) is 7.17. The van der Waals surface area contributed by atoms with Crippen LogP contribution in [0.1, 0.15) is 33.3 Å². The Morgan fingerprint density at radius 1 is 1.09 bits per heavy atom. The van der Waals surface area contributed by atoms with Crippen LogP contribution < -0.4 is 0 Å². The summed E-state index contributed by atoms with van der Waals surface area (Å²) in [5, 5.41) is 9.33. The highest BCUT2D eigenvalue weighted by Gasteiger charge is 2.51. The summed E-state index contributed by atoms with van der Waals surface area (Å²) in [4.78, 5) is 0. The number of nitriles is 1. The van der Waals surface area contributed by atoms with Crippen molar-refractivity contribution in [3.05, 3.63) is 54.1 Å². The van der Waals surface area contributed by atoms with Crippen molar-refractivity contribution in [2.75, 3.05) is 0 Å². The molecule has 0 amide bonds. The molecule has 1 aliphatic rings. The van der Waals surface area contributed by atoms with Crippen LogP contribution in [0.5, 0.6) is 0 Å². The Bertz CT molecular complexity index is 598. The van der Waals surface area contributed by atoms with E-state index in [-0.39, 0.29) is 24.2 Å². The molecule has 0 unspecified atom stereocenters. The van der Waals surface area contributed by atoms with Crippen molar-refractivity contribution >= 4 is 13.2 Å². The van der Waals surface area contributed by atoms with Gasteiger partial charge in [-0.15, -0.1) is 0 Å². The topological polar surface area (TPSA) is 42.2 Å². The van der Waals surface area contributed by atoms with Crippen molar-refractivity contribution in [1.82, 2.24) is 0 Å². The fraction of sp³-hybridized carbons (Fsp3) is 0.421. The maximum absolute atomic E-state index is 9.33. The van der Waals surface area contributed by atoms with Gasteiger partial charge in [-0.2, -0.15) is 5.26 Å². The van der Waals surface area contributed by atoms with Gasteiger partial charge in [-0.1, -0.05) is 54.6 Å². The molecule has 2 rings (SSSR count). The lowest BCUT2D eigenvalue weighted by molar-refractivity contribution is 0.00578. The molecular formula is C19H24BNO2. The average Bonchev–Trinajstić information content (AvgIpc) is 2.70. The Kier molecular flexibility index (Phi) is 5.46. The van der Waals surface area contributed by atoms with Crippen molar-refractivity contribution in [2.24, 2.45) is 5.92 Å². The molecule has 0 aliphatic carbocycles. The minimum Gasteiger partial charge on any atom is -0.403 e. The first-order chi connectivity index (χ1) is 10.8. The zero-order valence-electron chi connectivity index (χ0n) is 14.3. The SMILES string of the molecule is CC1(C)OB(C[C@H](C#N)/C=C/C=C/c2ccccc2)OC1(C)C. The third kappa shape index (κ3) is 4.57. The molecule has 4 heteroatoms. The van der Waals surface area contributed by atoms with Crippen LogP contribution in [0.4, 0.5) is 0 Å². The fourth-order valence-corrected chi connectivity index (χ4v) is 2.37. The summed E-state index contributed by atoms with van der Waals surface area (Å²) in [5.74, 6) is -0.231. The lowest BCUT2D eigenvalue weighted by Gasteiger charge is -2.32. The minimum absolute atomic E-state index is 0.231. The standard InChI is InChI=1S/C19H24BNO2/c1-18(2)19(3,4)23-20(22-18)14-17(15-21)13-9-8-12-16-10-6-5-7-11-16/h5-13,17H,14H2,1-4H3/b12-8+,13-9+/t17-/m1/s1. The van der Waals surface area contributed by atoms with E-state index in [9.17, 15) is 5.26 Å². The minimum atomic E-state index is -0.353. The number of benzene rings is 1. The molecule has 23 heavy (non-hydrogen) atoms. The molecule has 1 atom stereocenters. The van der Waals surface area contributed by atoms with E-state index >= 15 is 0 Å². The average molecular weight is 309 g/mol. The zero-order valence-corrected chi connectivity index (χ0v) is 14.3. The summed E-state index contributed by atoms with van der Waals surface area (Å²) < 4.78 is 11.9. The Morgan fingerprint density at radius 2 is 1.70 bits per heavy atom. The van der Waals surface area contributed by atoms with Crippen molar-refractivity contribution in [3.63, 3.8) is 0 Å². The number of allylic oxidation sites excluding steroid dienone is 3. The smallest absolute Gasteiger partial charge is 0.403 e. The number of hydrogen-bond acceptors (Lipinski definition) is 3. The molecule has 0 saturated carbocycles. The van der Waals surface area contributed by atoms with Gasteiger partial charge < -0.3 is 9.31 Å². The molecule has 120 valence electrons. The summed E-state index contributed by atoms with van der Waals surface area (Å²) >= 11 is 0. The molecule has 0 radical (unpaired) electrons. The van der Waals surface area contributed by atoms with Gasteiger partial charge in [0.15, 0.2) is 0 Å². The van der Waals surface area contributed by atoms with Crippen molar-refractivity contribution < 1.29 is 9.31 Å². The molecule has 0 bridgehead atoms. The monoisotopic (exact) mass is 309 g/mol. The van der Waals surface area contributed by atoms with E-state index in [1.807, 2.05) is 82.3 Å². The van der Waals surface area contributed by atoms with Gasteiger partial charge in [0.1, 0.15) is 0 Å². The highest BCUT2D eigenvalue weighted by Crippen LogP contribution is 2.38. The van der Waals surface area contributed by atoms with Crippen LogP contribution in [-0.4, -0.2) is 18.3 Å². The number of rotatable bonds is 5. The molecule has 1 heterocycles. The summed E-state index contributed by atoms with van der Waals surface area (Å²) in [5.41, 5.74) is 0.431. The van der Waals surface area contributed by atoms with Crippen LogP contribution >= 0.6 is 0 Å². The Balaban J connectivity index is 1.90. The number of hydrogen-bond donors (Lipinski definition) is 0. The van der Waals surface area contributed by atoms with Crippen LogP contribution in [-0.2, 0) is 9.31 Å². The highest BCUT2D eigenvalue weighted by molar-refractivity contribution is 6.45. The zero-order chi connectivity index (χ0) is 16.9. The second-order valence-corrected chi connectivity index (χ2v) is 6.81. The first kappa shape index (κ1) is 17.5. The largest absolute Gasteiger partial charge is 0.459 e. The molecule has 1 aromatic carbocycles. The fourth-order valence-electron chi connectivity index (χ4n) is 2.37. The molecular weight excluding hydrogens is 285 g/mol. The van der Waals surface area contributed by atoms with Crippen LogP contribution in [0, 0.1) is 17.2 Å². The van der Waals surface area contributed by atoms with Gasteiger partial charge >= 0.3 is 7.12 Å². The lowest BCUT2D eigenvalue weighted by Crippen LogP contribution is -2.41. The molecule has 0 spiro atoms. The normalized spacial score (nSPS) is 20.9. The third-order valence-corrected chi connectivity index (χ3v) is 4.46. The molecule has 1 fully saturated rings. The maximum Gasteiger partial charge on any atom is 0.459 e. The van der Waals surface area contributed by atoms with E-state index < -0.39 is 0 Å². The van der Waals surface area contributed by atoms with Crippen LogP contribution in [0.2, 0.25) is 6.32 Å². The quantitative estimate of drug-likeness (QED) is 0.594. The van der Waals surface area contributed by atoms with Crippen molar-refractivity contribution in [3.8, 4) is 6.07 Å². The van der Waals surface area contributed by atoms with E-state index in [0.29, 0.717) is 6.32 Å². The Hall–Kier alpha value is -1.83. The van der Waals surface area contributed by atoms with E-state index in [0.717, 1.165) is 5.56 Å². The number of nitrogens with zero attached hydrogens (tertiary/aromatic N) is 1. The third-order valence-electron chi connectivity index (χ3n) is 4.46. The molecule has 3 nitrogen and oxygen atoms in total. The maximum atomic E-state index is 9.33. The Morgan fingerprint density at radius 3 is 2.26 bits per heavy atom.